The Morgan fingerprint density at radius 1 is 1.47 bits per heavy atom. The van der Waals surface area contributed by atoms with Crippen LogP contribution in [0.3, 0.4) is 0 Å². The maximum absolute atomic E-state index is 13.3. The number of benzene rings is 1. The highest BCUT2D eigenvalue weighted by Gasteiger charge is 2.12. The molecule has 0 atom stereocenters. The first kappa shape index (κ1) is 13.7. The van der Waals surface area contributed by atoms with Gasteiger partial charge in [0.2, 0.25) is 0 Å². The van der Waals surface area contributed by atoms with Gasteiger partial charge in [-0.1, -0.05) is 11.6 Å². The number of carbonyl (C=O) groups is 1. The molecule has 1 N–H and O–H groups in total. The predicted octanol–water partition coefficient (Wildman–Crippen LogP) is 2.98. The molecule has 1 aromatic carbocycles. The predicted molar refractivity (Wildman–Crippen MR) is 61.1 cm³/mol. The highest BCUT2D eigenvalue weighted by atomic mass is 35.5. The molecule has 94 valence electrons. The third-order valence-electron chi connectivity index (χ3n) is 1.78. The van der Waals surface area contributed by atoms with Crippen molar-refractivity contribution >= 4 is 23.3 Å². The van der Waals surface area contributed by atoms with Crippen LogP contribution in [-0.4, -0.2) is 18.6 Å². The van der Waals surface area contributed by atoms with Gasteiger partial charge in [-0.15, -0.1) is 0 Å². The standard InChI is InChI=1S/C11H12ClF2NO2/c1-6(2)17-10(16)5-15-11-8(12)3-7(13)4-9(11)14/h3-4,6,15H,5H2,1-2H3. The molecular formula is C11H12ClF2NO2. The summed E-state index contributed by atoms with van der Waals surface area (Å²) in [6.45, 7) is 3.16. The maximum Gasteiger partial charge on any atom is 0.325 e. The summed E-state index contributed by atoms with van der Waals surface area (Å²) in [5.74, 6) is -2.17. The second kappa shape index (κ2) is 5.82. The lowest BCUT2D eigenvalue weighted by Crippen LogP contribution is -2.20. The van der Waals surface area contributed by atoms with Crippen molar-refractivity contribution < 1.29 is 18.3 Å². The summed E-state index contributed by atoms with van der Waals surface area (Å²) in [6, 6.07) is 1.64. The Balaban J connectivity index is 2.67. The molecule has 0 radical (unpaired) electrons. The van der Waals surface area contributed by atoms with E-state index in [-0.39, 0.29) is 23.4 Å². The van der Waals surface area contributed by atoms with E-state index in [9.17, 15) is 13.6 Å². The maximum atomic E-state index is 13.3. The Morgan fingerprint density at radius 3 is 2.65 bits per heavy atom. The summed E-state index contributed by atoms with van der Waals surface area (Å²) in [5, 5.41) is 2.34. The van der Waals surface area contributed by atoms with Crippen LogP contribution in [0.4, 0.5) is 14.5 Å². The van der Waals surface area contributed by atoms with Crippen LogP contribution >= 0.6 is 11.6 Å². The van der Waals surface area contributed by atoms with E-state index in [0.29, 0.717) is 6.07 Å². The number of nitrogens with one attached hydrogen (secondary N) is 1. The molecule has 6 heteroatoms. The molecule has 0 saturated heterocycles. The molecule has 0 bridgehead atoms. The molecule has 0 unspecified atom stereocenters. The minimum Gasteiger partial charge on any atom is -0.462 e. The molecule has 1 aromatic rings. The molecule has 0 spiro atoms. The Hall–Kier alpha value is -1.36. The van der Waals surface area contributed by atoms with E-state index in [1.54, 1.807) is 13.8 Å². The zero-order valence-corrected chi connectivity index (χ0v) is 10.1. The van der Waals surface area contributed by atoms with Crippen LogP contribution in [0.1, 0.15) is 13.8 Å². The Bertz CT molecular complexity index is 401. The molecule has 0 heterocycles. The van der Waals surface area contributed by atoms with Gasteiger partial charge in [-0.25, -0.2) is 8.78 Å². The first-order chi connectivity index (χ1) is 7.90. The molecule has 0 aliphatic carbocycles. The molecule has 3 nitrogen and oxygen atoms in total. The van der Waals surface area contributed by atoms with Gasteiger partial charge in [0.05, 0.1) is 16.8 Å². The minimum absolute atomic E-state index is 0.117. The van der Waals surface area contributed by atoms with E-state index in [0.717, 1.165) is 6.07 Å². The summed E-state index contributed by atoms with van der Waals surface area (Å²) < 4.78 is 30.9. The average Bonchev–Trinajstić information content (AvgIpc) is 2.14. The van der Waals surface area contributed by atoms with E-state index in [1.165, 1.54) is 0 Å². The Labute approximate surface area is 103 Å². The third-order valence-corrected chi connectivity index (χ3v) is 2.08. The van der Waals surface area contributed by atoms with E-state index in [1.807, 2.05) is 0 Å². The summed E-state index contributed by atoms with van der Waals surface area (Å²) in [7, 11) is 0. The number of hydrogen-bond donors (Lipinski definition) is 1. The zero-order valence-electron chi connectivity index (χ0n) is 9.39. The molecule has 0 fully saturated rings. The van der Waals surface area contributed by atoms with Crippen molar-refractivity contribution in [2.45, 2.75) is 20.0 Å². The van der Waals surface area contributed by atoms with Crippen molar-refractivity contribution in [1.82, 2.24) is 0 Å². The van der Waals surface area contributed by atoms with Crippen molar-refractivity contribution in [3.8, 4) is 0 Å². The molecule has 0 aromatic heterocycles. The van der Waals surface area contributed by atoms with Crippen LogP contribution in [0, 0.1) is 11.6 Å². The van der Waals surface area contributed by atoms with Crippen LogP contribution in [0.2, 0.25) is 5.02 Å². The van der Waals surface area contributed by atoms with E-state index < -0.39 is 17.6 Å². The number of rotatable bonds is 4. The minimum atomic E-state index is -0.854. The lowest BCUT2D eigenvalue weighted by Gasteiger charge is -2.11. The number of esters is 1. The summed E-state index contributed by atoms with van der Waals surface area (Å²) in [4.78, 5) is 11.2. The van der Waals surface area contributed by atoms with Gasteiger partial charge in [0, 0.05) is 6.07 Å². The fourth-order valence-corrected chi connectivity index (χ4v) is 1.44. The fraction of sp³-hybridized carbons (Fsp3) is 0.364. The first-order valence-corrected chi connectivity index (χ1v) is 5.36. The summed E-state index contributed by atoms with van der Waals surface area (Å²) in [6.07, 6.45) is -0.252. The smallest absolute Gasteiger partial charge is 0.325 e. The summed E-state index contributed by atoms with van der Waals surface area (Å²) in [5.41, 5.74) is -0.117. The molecular weight excluding hydrogens is 252 g/mol. The van der Waals surface area contributed by atoms with Gasteiger partial charge in [0.25, 0.3) is 0 Å². The van der Waals surface area contributed by atoms with Crippen molar-refractivity contribution in [2.24, 2.45) is 0 Å². The van der Waals surface area contributed by atoms with E-state index >= 15 is 0 Å². The average molecular weight is 264 g/mol. The van der Waals surface area contributed by atoms with Crippen LogP contribution in [0.25, 0.3) is 0 Å². The van der Waals surface area contributed by atoms with Crippen LogP contribution < -0.4 is 5.32 Å². The van der Waals surface area contributed by atoms with Crippen molar-refractivity contribution in [1.29, 1.82) is 0 Å². The van der Waals surface area contributed by atoms with Gasteiger partial charge in [-0.3, -0.25) is 4.79 Å². The Kier molecular flexibility index (Phi) is 4.69. The fourth-order valence-electron chi connectivity index (χ4n) is 1.18. The Morgan fingerprint density at radius 2 is 2.12 bits per heavy atom. The quantitative estimate of drug-likeness (QED) is 0.849. The van der Waals surface area contributed by atoms with Crippen LogP contribution in [0.5, 0.6) is 0 Å². The number of ether oxygens (including phenoxy) is 1. The van der Waals surface area contributed by atoms with Crippen molar-refractivity contribution in [3.63, 3.8) is 0 Å². The number of hydrogen-bond acceptors (Lipinski definition) is 3. The molecule has 17 heavy (non-hydrogen) atoms. The number of carbonyl (C=O) groups excluding carboxylic acids is 1. The van der Waals surface area contributed by atoms with Crippen molar-refractivity contribution in [2.75, 3.05) is 11.9 Å². The molecule has 1 rings (SSSR count). The molecule has 0 aliphatic rings. The summed E-state index contributed by atoms with van der Waals surface area (Å²) >= 11 is 5.63. The zero-order chi connectivity index (χ0) is 13.0. The number of anilines is 1. The lowest BCUT2D eigenvalue weighted by atomic mass is 10.3. The van der Waals surface area contributed by atoms with Crippen LogP contribution in [0.15, 0.2) is 12.1 Å². The molecule has 0 aliphatic heterocycles. The van der Waals surface area contributed by atoms with Gasteiger partial charge in [-0.2, -0.15) is 0 Å². The lowest BCUT2D eigenvalue weighted by molar-refractivity contribution is -0.145. The largest absolute Gasteiger partial charge is 0.462 e. The van der Waals surface area contributed by atoms with Crippen molar-refractivity contribution in [3.05, 3.63) is 28.8 Å². The van der Waals surface area contributed by atoms with Gasteiger partial charge >= 0.3 is 5.97 Å². The van der Waals surface area contributed by atoms with Gasteiger partial charge < -0.3 is 10.1 Å². The van der Waals surface area contributed by atoms with E-state index in [4.69, 9.17) is 16.3 Å². The topological polar surface area (TPSA) is 38.3 Å². The first-order valence-electron chi connectivity index (χ1n) is 4.98. The second-order valence-corrected chi connectivity index (χ2v) is 4.04. The van der Waals surface area contributed by atoms with Gasteiger partial charge in [-0.05, 0) is 19.9 Å². The SMILES string of the molecule is CC(C)OC(=O)CNc1c(F)cc(F)cc1Cl. The monoisotopic (exact) mass is 263 g/mol. The van der Waals surface area contributed by atoms with Gasteiger partial charge in [0.1, 0.15) is 12.4 Å². The highest BCUT2D eigenvalue weighted by molar-refractivity contribution is 6.33. The molecule has 0 amide bonds. The third kappa shape index (κ3) is 4.19. The van der Waals surface area contributed by atoms with Gasteiger partial charge in [0.15, 0.2) is 5.82 Å². The highest BCUT2D eigenvalue weighted by Crippen LogP contribution is 2.26. The van der Waals surface area contributed by atoms with E-state index in [2.05, 4.69) is 5.32 Å². The normalized spacial score (nSPS) is 10.5. The van der Waals surface area contributed by atoms with Crippen LogP contribution in [-0.2, 0) is 9.53 Å². The molecule has 0 saturated carbocycles. The number of halogens is 3. The second-order valence-electron chi connectivity index (χ2n) is 3.64.